The van der Waals surface area contributed by atoms with E-state index in [1.807, 2.05) is 0 Å². The lowest BCUT2D eigenvalue weighted by atomic mass is 10.1. The number of nitrogens with one attached hydrogen (secondary N) is 1. The first-order chi connectivity index (χ1) is 11.4. The number of alkyl halides is 3. The molecule has 1 aromatic carbocycles. The second-order valence-corrected chi connectivity index (χ2v) is 5.65. The number of thiophene rings is 1. The van der Waals surface area contributed by atoms with Gasteiger partial charge in [0.05, 0.1) is 16.8 Å². The third-order valence-electron chi connectivity index (χ3n) is 3.26. The van der Waals surface area contributed by atoms with Crippen LogP contribution in [0, 0.1) is 6.92 Å². The molecule has 2 aromatic heterocycles. The highest BCUT2D eigenvalue weighted by atomic mass is 32.1. The van der Waals surface area contributed by atoms with Gasteiger partial charge >= 0.3 is 6.18 Å². The van der Waals surface area contributed by atoms with Crippen molar-refractivity contribution in [3.63, 3.8) is 0 Å². The van der Waals surface area contributed by atoms with Crippen LogP contribution < -0.4 is 5.32 Å². The first kappa shape index (κ1) is 16.1. The van der Waals surface area contributed by atoms with Gasteiger partial charge in [-0.25, -0.2) is 4.68 Å². The van der Waals surface area contributed by atoms with Crippen molar-refractivity contribution in [1.29, 1.82) is 0 Å². The fourth-order valence-electron chi connectivity index (χ4n) is 2.15. The number of carbonyl (C=O) groups excluding carboxylic acids is 1. The number of rotatable bonds is 3. The maximum atomic E-state index is 12.9. The number of nitrogens with zero attached hydrogens (tertiary/aromatic N) is 4. The zero-order valence-electron chi connectivity index (χ0n) is 12.2. The molecule has 0 aliphatic carbocycles. The number of hydrogen-bond acceptors (Lipinski definition) is 5. The number of halogens is 3. The molecular formula is C14H10F3N5OS. The van der Waals surface area contributed by atoms with Crippen LogP contribution in [0.4, 0.5) is 18.9 Å². The lowest BCUT2D eigenvalue weighted by Gasteiger charge is -2.11. The van der Waals surface area contributed by atoms with Crippen molar-refractivity contribution in [3.8, 4) is 5.69 Å². The van der Waals surface area contributed by atoms with Crippen molar-refractivity contribution in [2.75, 3.05) is 5.32 Å². The molecule has 10 heteroatoms. The molecule has 3 aromatic rings. The molecular weight excluding hydrogens is 343 g/mol. The minimum atomic E-state index is -4.56. The number of amides is 1. The van der Waals surface area contributed by atoms with Crippen molar-refractivity contribution in [3.05, 3.63) is 52.0 Å². The monoisotopic (exact) mass is 353 g/mol. The minimum Gasteiger partial charge on any atom is -0.322 e. The van der Waals surface area contributed by atoms with Gasteiger partial charge in [-0.05, 0) is 41.1 Å². The average Bonchev–Trinajstić information content (AvgIpc) is 3.18. The molecule has 0 spiro atoms. The zero-order chi connectivity index (χ0) is 17.3. The largest absolute Gasteiger partial charge is 0.417 e. The third-order valence-corrected chi connectivity index (χ3v) is 4.01. The summed E-state index contributed by atoms with van der Waals surface area (Å²) in [5.41, 5.74) is 0.501. The van der Waals surface area contributed by atoms with Crippen molar-refractivity contribution in [2.24, 2.45) is 0 Å². The highest BCUT2D eigenvalue weighted by molar-refractivity contribution is 7.08. The van der Waals surface area contributed by atoms with Gasteiger partial charge in [0.2, 0.25) is 0 Å². The van der Waals surface area contributed by atoms with Crippen LogP contribution in [0.3, 0.4) is 0 Å². The lowest BCUT2D eigenvalue weighted by Crippen LogP contribution is -2.17. The van der Waals surface area contributed by atoms with Gasteiger partial charge in [0.15, 0.2) is 0 Å². The Morgan fingerprint density at radius 2 is 2.08 bits per heavy atom. The van der Waals surface area contributed by atoms with Gasteiger partial charge in [0.25, 0.3) is 5.91 Å². The number of anilines is 1. The molecule has 0 fully saturated rings. The third kappa shape index (κ3) is 3.13. The van der Waals surface area contributed by atoms with Crippen molar-refractivity contribution < 1.29 is 18.0 Å². The van der Waals surface area contributed by atoms with E-state index in [4.69, 9.17) is 0 Å². The van der Waals surface area contributed by atoms with E-state index < -0.39 is 23.2 Å². The molecule has 0 aliphatic rings. The molecule has 0 radical (unpaired) electrons. The van der Waals surface area contributed by atoms with Gasteiger partial charge < -0.3 is 5.32 Å². The van der Waals surface area contributed by atoms with Gasteiger partial charge in [0.1, 0.15) is 6.33 Å². The Morgan fingerprint density at radius 3 is 2.71 bits per heavy atom. The van der Waals surface area contributed by atoms with E-state index in [0.717, 1.165) is 22.3 Å². The average molecular weight is 353 g/mol. The van der Waals surface area contributed by atoms with E-state index in [1.165, 1.54) is 16.4 Å². The summed E-state index contributed by atoms with van der Waals surface area (Å²) in [6, 6.07) is 4.87. The topological polar surface area (TPSA) is 72.7 Å². The van der Waals surface area contributed by atoms with Gasteiger partial charge in [-0.15, -0.1) is 5.10 Å². The van der Waals surface area contributed by atoms with E-state index in [2.05, 4.69) is 20.8 Å². The van der Waals surface area contributed by atoms with Crippen LogP contribution in [0.1, 0.15) is 21.5 Å². The molecule has 24 heavy (non-hydrogen) atoms. The maximum absolute atomic E-state index is 12.9. The fraction of sp³-hybridized carbons (Fsp3) is 0.143. The summed E-state index contributed by atoms with van der Waals surface area (Å²) < 4.78 is 40.0. The summed E-state index contributed by atoms with van der Waals surface area (Å²) in [6.07, 6.45) is -3.14. The van der Waals surface area contributed by atoms with E-state index in [1.54, 1.807) is 25.1 Å². The van der Waals surface area contributed by atoms with Crippen LogP contribution in [-0.4, -0.2) is 26.1 Å². The Labute approximate surface area is 137 Å². The molecule has 124 valence electrons. The van der Waals surface area contributed by atoms with Crippen molar-refractivity contribution in [2.45, 2.75) is 13.1 Å². The summed E-state index contributed by atoms with van der Waals surface area (Å²) in [5.74, 6) is -0.807. The van der Waals surface area contributed by atoms with Crippen LogP contribution in [0.2, 0.25) is 0 Å². The standard InChI is InChI=1S/C14H10F3N5OS/c1-8-4-9(2-3-12(8)22-7-18-20-21-22)19-13(23)10-5-24-6-11(10)14(15,16)17/h2-7H,1H3,(H,19,23). The lowest BCUT2D eigenvalue weighted by molar-refractivity contribution is -0.137. The number of carbonyl (C=O) groups is 1. The Kier molecular flexibility index (Phi) is 4.06. The first-order valence-electron chi connectivity index (χ1n) is 6.65. The summed E-state index contributed by atoms with van der Waals surface area (Å²) in [6.45, 7) is 1.78. The quantitative estimate of drug-likeness (QED) is 0.784. The molecule has 6 nitrogen and oxygen atoms in total. The molecule has 2 heterocycles. The van der Waals surface area contributed by atoms with E-state index in [0.29, 0.717) is 11.4 Å². The van der Waals surface area contributed by atoms with Gasteiger partial charge in [-0.3, -0.25) is 4.79 Å². The molecule has 3 rings (SSSR count). The Balaban J connectivity index is 1.83. The second-order valence-electron chi connectivity index (χ2n) is 4.91. The second kappa shape index (κ2) is 6.04. The van der Waals surface area contributed by atoms with E-state index in [9.17, 15) is 18.0 Å². The zero-order valence-corrected chi connectivity index (χ0v) is 13.0. The summed E-state index contributed by atoms with van der Waals surface area (Å²) in [4.78, 5) is 12.1. The summed E-state index contributed by atoms with van der Waals surface area (Å²) in [7, 11) is 0. The van der Waals surface area contributed by atoms with Crippen LogP contribution in [0.25, 0.3) is 5.69 Å². The number of hydrogen-bond donors (Lipinski definition) is 1. The van der Waals surface area contributed by atoms with E-state index in [-0.39, 0.29) is 0 Å². The first-order valence-corrected chi connectivity index (χ1v) is 7.59. The van der Waals surface area contributed by atoms with Gasteiger partial charge in [-0.2, -0.15) is 24.5 Å². The highest BCUT2D eigenvalue weighted by Gasteiger charge is 2.36. The Bertz CT molecular complexity index is 873. The Hall–Kier alpha value is -2.75. The normalized spacial score (nSPS) is 11.5. The maximum Gasteiger partial charge on any atom is 0.417 e. The van der Waals surface area contributed by atoms with Crippen LogP contribution in [0.15, 0.2) is 35.3 Å². The summed E-state index contributed by atoms with van der Waals surface area (Å²) >= 11 is 0.830. The number of aryl methyl sites for hydroxylation is 1. The van der Waals surface area contributed by atoms with E-state index >= 15 is 0 Å². The fourth-order valence-corrected chi connectivity index (χ4v) is 2.99. The molecule has 0 saturated carbocycles. The number of tetrazole rings is 1. The van der Waals surface area contributed by atoms with Crippen LogP contribution in [0.5, 0.6) is 0 Å². The molecule has 0 saturated heterocycles. The molecule has 0 aliphatic heterocycles. The minimum absolute atomic E-state index is 0.383. The Morgan fingerprint density at radius 1 is 1.29 bits per heavy atom. The predicted molar refractivity (Wildman–Crippen MR) is 81.2 cm³/mol. The number of benzene rings is 1. The molecule has 0 atom stereocenters. The van der Waals surface area contributed by atoms with Crippen LogP contribution >= 0.6 is 11.3 Å². The molecule has 1 N–H and O–H groups in total. The smallest absolute Gasteiger partial charge is 0.322 e. The molecule has 1 amide bonds. The predicted octanol–water partition coefficient (Wildman–Crippen LogP) is 3.30. The van der Waals surface area contributed by atoms with Crippen LogP contribution in [-0.2, 0) is 6.18 Å². The SMILES string of the molecule is Cc1cc(NC(=O)c2cscc2C(F)(F)F)ccc1-n1cnnn1. The molecule has 0 bridgehead atoms. The summed E-state index contributed by atoms with van der Waals surface area (Å²) in [5, 5.41) is 15.4. The van der Waals surface area contributed by atoms with Crippen molar-refractivity contribution in [1.82, 2.24) is 20.2 Å². The number of aromatic nitrogens is 4. The van der Waals surface area contributed by atoms with Gasteiger partial charge in [0, 0.05) is 16.4 Å². The van der Waals surface area contributed by atoms with Gasteiger partial charge in [-0.1, -0.05) is 0 Å². The van der Waals surface area contributed by atoms with Crippen molar-refractivity contribution >= 4 is 22.9 Å². The molecule has 0 unspecified atom stereocenters. The highest BCUT2D eigenvalue weighted by Crippen LogP contribution is 2.34.